The molecule has 0 radical (unpaired) electrons. The zero-order valence-corrected chi connectivity index (χ0v) is 8.13. The molecule has 0 aromatic heterocycles. The van der Waals surface area contributed by atoms with Gasteiger partial charge in [0, 0.05) is 19.7 Å². The summed E-state index contributed by atoms with van der Waals surface area (Å²) < 4.78 is 4.95. The van der Waals surface area contributed by atoms with E-state index in [1.807, 2.05) is 0 Å². The quantitative estimate of drug-likeness (QED) is 0.448. The van der Waals surface area contributed by atoms with Crippen LogP contribution in [-0.2, 0) is 4.74 Å². The van der Waals surface area contributed by atoms with Crippen LogP contribution in [-0.4, -0.2) is 43.6 Å². The fourth-order valence-corrected chi connectivity index (χ4v) is 0.947. The SMILES string of the molecule is COCCN(CC(=N)N)C(C)C. The summed E-state index contributed by atoms with van der Waals surface area (Å²) in [5.74, 6) is 0.208. The van der Waals surface area contributed by atoms with Gasteiger partial charge in [-0.05, 0) is 13.8 Å². The molecule has 3 N–H and O–H groups in total. The highest BCUT2D eigenvalue weighted by atomic mass is 16.5. The maximum Gasteiger partial charge on any atom is 0.105 e. The van der Waals surface area contributed by atoms with E-state index in [2.05, 4.69) is 18.7 Å². The third-order valence-electron chi connectivity index (χ3n) is 1.69. The van der Waals surface area contributed by atoms with Gasteiger partial charge in [-0.2, -0.15) is 0 Å². The van der Waals surface area contributed by atoms with E-state index in [1.165, 1.54) is 0 Å². The maximum absolute atomic E-state index is 7.15. The highest BCUT2D eigenvalue weighted by Gasteiger charge is 2.09. The monoisotopic (exact) mass is 173 g/mol. The van der Waals surface area contributed by atoms with E-state index < -0.39 is 0 Å². The molecular formula is C8H19N3O. The highest BCUT2D eigenvalue weighted by molar-refractivity contribution is 5.78. The summed E-state index contributed by atoms with van der Waals surface area (Å²) in [6, 6.07) is 0.407. The number of amidine groups is 1. The lowest BCUT2D eigenvalue weighted by molar-refractivity contribution is 0.140. The normalized spacial score (nSPS) is 11.1. The summed E-state index contributed by atoms with van der Waals surface area (Å²) in [5, 5.41) is 7.15. The number of nitrogens with one attached hydrogen (secondary N) is 1. The number of hydrogen-bond acceptors (Lipinski definition) is 3. The molecule has 0 saturated carbocycles. The standard InChI is InChI=1S/C8H19N3O/c1-7(2)11(4-5-12-3)6-8(9)10/h7H,4-6H2,1-3H3,(H3,9,10). The Morgan fingerprint density at radius 2 is 2.17 bits per heavy atom. The van der Waals surface area contributed by atoms with Gasteiger partial charge in [0.25, 0.3) is 0 Å². The van der Waals surface area contributed by atoms with Gasteiger partial charge in [0.2, 0.25) is 0 Å². The lowest BCUT2D eigenvalue weighted by Gasteiger charge is -2.25. The Kier molecular flexibility index (Phi) is 5.66. The molecule has 0 aromatic carbocycles. The van der Waals surface area contributed by atoms with Crippen molar-refractivity contribution in [1.82, 2.24) is 4.90 Å². The van der Waals surface area contributed by atoms with Crippen LogP contribution in [0.15, 0.2) is 0 Å². The van der Waals surface area contributed by atoms with E-state index in [1.54, 1.807) is 7.11 Å². The molecule has 12 heavy (non-hydrogen) atoms. The maximum atomic E-state index is 7.15. The summed E-state index contributed by atoms with van der Waals surface area (Å²) >= 11 is 0. The minimum absolute atomic E-state index is 0.208. The third-order valence-corrected chi connectivity index (χ3v) is 1.69. The van der Waals surface area contributed by atoms with Crippen LogP contribution in [0.3, 0.4) is 0 Å². The van der Waals surface area contributed by atoms with Crippen molar-refractivity contribution in [3.05, 3.63) is 0 Å². The Balaban J connectivity index is 3.78. The summed E-state index contributed by atoms with van der Waals surface area (Å²) in [7, 11) is 1.67. The number of nitrogens with zero attached hydrogens (tertiary/aromatic N) is 1. The molecule has 0 saturated heterocycles. The van der Waals surface area contributed by atoms with Crippen LogP contribution in [0.2, 0.25) is 0 Å². The predicted molar refractivity (Wildman–Crippen MR) is 50.5 cm³/mol. The molecule has 0 aromatic rings. The second-order valence-electron chi connectivity index (χ2n) is 3.08. The molecule has 0 unspecified atom stereocenters. The van der Waals surface area contributed by atoms with Crippen LogP contribution in [0.4, 0.5) is 0 Å². The second kappa shape index (κ2) is 5.97. The Morgan fingerprint density at radius 1 is 1.58 bits per heavy atom. The Morgan fingerprint density at radius 3 is 2.50 bits per heavy atom. The van der Waals surface area contributed by atoms with Crippen molar-refractivity contribution in [2.75, 3.05) is 26.8 Å². The molecule has 0 aliphatic rings. The van der Waals surface area contributed by atoms with E-state index in [0.29, 0.717) is 19.2 Å². The van der Waals surface area contributed by atoms with Gasteiger partial charge in [-0.15, -0.1) is 0 Å². The van der Waals surface area contributed by atoms with Gasteiger partial charge >= 0.3 is 0 Å². The fourth-order valence-electron chi connectivity index (χ4n) is 0.947. The number of nitrogens with two attached hydrogens (primary N) is 1. The summed E-state index contributed by atoms with van der Waals surface area (Å²) in [6.45, 7) is 6.21. The molecular weight excluding hydrogens is 154 g/mol. The first-order valence-electron chi connectivity index (χ1n) is 4.13. The fraction of sp³-hybridized carbons (Fsp3) is 0.875. The summed E-state index contributed by atoms with van der Waals surface area (Å²) in [4.78, 5) is 2.10. The van der Waals surface area contributed by atoms with Crippen LogP contribution in [0, 0.1) is 5.41 Å². The van der Waals surface area contributed by atoms with E-state index in [0.717, 1.165) is 6.54 Å². The molecule has 0 atom stereocenters. The van der Waals surface area contributed by atoms with Crippen LogP contribution in [0.1, 0.15) is 13.8 Å². The predicted octanol–water partition coefficient (Wildman–Crippen LogP) is 0.279. The van der Waals surface area contributed by atoms with Crippen LogP contribution in [0.5, 0.6) is 0 Å². The Bertz CT molecular complexity index is 136. The van der Waals surface area contributed by atoms with Gasteiger partial charge < -0.3 is 10.5 Å². The lowest BCUT2D eigenvalue weighted by atomic mass is 10.3. The van der Waals surface area contributed by atoms with Gasteiger partial charge in [0.15, 0.2) is 0 Å². The van der Waals surface area contributed by atoms with Crippen molar-refractivity contribution in [3.8, 4) is 0 Å². The van der Waals surface area contributed by atoms with Gasteiger partial charge in [-0.1, -0.05) is 0 Å². The lowest BCUT2D eigenvalue weighted by Crippen LogP contribution is -2.40. The van der Waals surface area contributed by atoms with Gasteiger partial charge in [0.05, 0.1) is 13.2 Å². The van der Waals surface area contributed by atoms with Crippen molar-refractivity contribution in [2.45, 2.75) is 19.9 Å². The van der Waals surface area contributed by atoms with E-state index in [4.69, 9.17) is 15.9 Å². The number of hydrogen-bond donors (Lipinski definition) is 2. The van der Waals surface area contributed by atoms with Gasteiger partial charge in [-0.25, -0.2) is 0 Å². The number of ether oxygens (including phenoxy) is 1. The number of methoxy groups -OCH3 is 1. The number of rotatable bonds is 6. The van der Waals surface area contributed by atoms with Crippen molar-refractivity contribution in [1.29, 1.82) is 5.41 Å². The minimum Gasteiger partial charge on any atom is -0.387 e. The molecule has 0 amide bonds. The molecule has 0 rings (SSSR count). The minimum atomic E-state index is 0.208. The first-order valence-corrected chi connectivity index (χ1v) is 4.13. The van der Waals surface area contributed by atoms with Crippen LogP contribution in [0.25, 0.3) is 0 Å². The molecule has 72 valence electrons. The van der Waals surface area contributed by atoms with E-state index in [9.17, 15) is 0 Å². The molecule has 0 aliphatic heterocycles. The topological polar surface area (TPSA) is 62.3 Å². The molecule has 0 spiro atoms. The molecule has 4 heteroatoms. The molecule has 0 heterocycles. The smallest absolute Gasteiger partial charge is 0.105 e. The average molecular weight is 173 g/mol. The Hall–Kier alpha value is -0.610. The van der Waals surface area contributed by atoms with Gasteiger partial charge in [-0.3, -0.25) is 10.3 Å². The molecule has 0 fully saturated rings. The van der Waals surface area contributed by atoms with Crippen LogP contribution < -0.4 is 5.73 Å². The first kappa shape index (κ1) is 11.4. The summed E-state index contributed by atoms with van der Waals surface area (Å²) in [5.41, 5.74) is 5.30. The third kappa shape index (κ3) is 5.09. The molecule has 0 aliphatic carbocycles. The zero-order chi connectivity index (χ0) is 9.56. The highest BCUT2D eigenvalue weighted by Crippen LogP contribution is 1.96. The van der Waals surface area contributed by atoms with E-state index >= 15 is 0 Å². The van der Waals surface area contributed by atoms with Crippen LogP contribution >= 0.6 is 0 Å². The second-order valence-corrected chi connectivity index (χ2v) is 3.08. The van der Waals surface area contributed by atoms with Crippen molar-refractivity contribution < 1.29 is 4.74 Å². The van der Waals surface area contributed by atoms with Crippen molar-refractivity contribution >= 4 is 5.84 Å². The van der Waals surface area contributed by atoms with Crippen molar-refractivity contribution in [2.24, 2.45) is 5.73 Å². The van der Waals surface area contributed by atoms with E-state index in [-0.39, 0.29) is 5.84 Å². The largest absolute Gasteiger partial charge is 0.387 e. The average Bonchev–Trinajstić information content (AvgIpc) is 1.96. The molecule has 0 bridgehead atoms. The first-order chi connectivity index (χ1) is 5.57. The van der Waals surface area contributed by atoms with Crippen molar-refractivity contribution in [3.63, 3.8) is 0 Å². The zero-order valence-electron chi connectivity index (χ0n) is 8.13. The molecule has 4 nitrogen and oxygen atoms in total. The van der Waals surface area contributed by atoms with Gasteiger partial charge in [0.1, 0.15) is 5.84 Å². The summed E-state index contributed by atoms with van der Waals surface area (Å²) in [6.07, 6.45) is 0. The Labute approximate surface area is 74.2 Å².